The van der Waals surface area contributed by atoms with Crippen molar-refractivity contribution >= 4 is 11.9 Å². The van der Waals surface area contributed by atoms with Crippen LogP contribution in [0.5, 0.6) is 0 Å². The van der Waals surface area contributed by atoms with Crippen molar-refractivity contribution in [3.63, 3.8) is 0 Å². The Morgan fingerprint density at radius 3 is 2.43 bits per heavy atom. The fraction of sp³-hybridized carbons (Fsp3) is 0.100. The lowest BCUT2D eigenvalue weighted by Crippen LogP contribution is -2.12. The molecule has 1 aromatic heterocycles. The number of rotatable bonds is 2. The minimum absolute atomic E-state index is 0.187. The number of hydrogen-bond donors (Lipinski definition) is 0. The Morgan fingerprint density at radius 2 is 1.93 bits per heavy atom. The molecule has 14 heavy (non-hydrogen) atoms. The molecule has 1 rings (SSSR count). The van der Waals surface area contributed by atoms with Gasteiger partial charge >= 0.3 is 11.9 Å². The molecule has 0 fully saturated rings. The van der Waals surface area contributed by atoms with E-state index in [0.717, 1.165) is 0 Å². The zero-order chi connectivity index (χ0) is 10.6. The van der Waals surface area contributed by atoms with Crippen molar-refractivity contribution in [2.45, 2.75) is 6.92 Å². The summed E-state index contributed by atoms with van der Waals surface area (Å²) in [4.78, 5) is 25.9. The van der Waals surface area contributed by atoms with E-state index in [1.54, 1.807) is 0 Å². The number of pyridine rings is 1. The van der Waals surface area contributed by atoms with Crippen molar-refractivity contribution < 1.29 is 14.3 Å². The number of ether oxygens (including phenoxy) is 1. The van der Waals surface area contributed by atoms with Crippen molar-refractivity contribution in [2.75, 3.05) is 0 Å². The van der Waals surface area contributed by atoms with Crippen LogP contribution in [0.1, 0.15) is 17.3 Å². The second kappa shape index (κ2) is 4.32. The fourth-order valence-corrected chi connectivity index (χ4v) is 0.718. The first-order chi connectivity index (χ1) is 6.61. The highest BCUT2D eigenvalue weighted by Gasteiger charge is 2.12. The Labute approximate surface area is 81.2 Å². The quantitative estimate of drug-likeness (QED) is 0.402. The van der Waals surface area contributed by atoms with Crippen LogP contribution < -0.4 is 0 Å². The summed E-state index contributed by atoms with van der Waals surface area (Å²) in [5.41, 5.74) is 0.474. The summed E-state index contributed by atoms with van der Waals surface area (Å²) >= 11 is 0. The molecule has 0 saturated carbocycles. The van der Waals surface area contributed by atoms with Gasteiger partial charge in [-0.1, -0.05) is 6.58 Å². The van der Waals surface area contributed by atoms with Crippen LogP contribution in [0.15, 0.2) is 36.7 Å². The molecule has 0 aliphatic carbocycles. The van der Waals surface area contributed by atoms with Crippen molar-refractivity contribution in [3.8, 4) is 0 Å². The molecule has 0 aliphatic rings. The Hall–Kier alpha value is -1.97. The Balaban J connectivity index is 2.69. The van der Waals surface area contributed by atoms with E-state index >= 15 is 0 Å². The molecule has 0 spiro atoms. The van der Waals surface area contributed by atoms with E-state index in [1.807, 2.05) is 0 Å². The monoisotopic (exact) mass is 191 g/mol. The number of aromatic nitrogens is 1. The van der Waals surface area contributed by atoms with E-state index in [1.165, 1.54) is 31.5 Å². The lowest BCUT2D eigenvalue weighted by atomic mass is 10.3. The summed E-state index contributed by atoms with van der Waals surface area (Å²) in [7, 11) is 0. The van der Waals surface area contributed by atoms with Crippen LogP contribution in [-0.2, 0) is 9.53 Å². The number of carbonyl (C=O) groups is 2. The molecule has 4 nitrogen and oxygen atoms in total. The first kappa shape index (κ1) is 10.1. The van der Waals surface area contributed by atoms with Gasteiger partial charge in [-0.25, -0.2) is 9.59 Å². The number of esters is 2. The summed E-state index contributed by atoms with van der Waals surface area (Å²) < 4.78 is 4.49. The molecule has 0 saturated heterocycles. The molecular formula is C10H9NO3. The van der Waals surface area contributed by atoms with Gasteiger partial charge in [0.1, 0.15) is 0 Å². The van der Waals surface area contributed by atoms with Crippen LogP contribution in [0.2, 0.25) is 0 Å². The highest BCUT2D eigenvalue weighted by Crippen LogP contribution is 2.01. The third-order valence-electron chi connectivity index (χ3n) is 1.45. The van der Waals surface area contributed by atoms with Crippen molar-refractivity contribution in [1.29, 1.82) is 0 Å². The van der Waals surface area contributed by atoms with Crippen LogP contribution in [-0.4, -0.2) is 16.9 Å². The molecule has 0 aliphatic heterocycles. The topological polar surface area (TPSA) is 56.3 Å². The molecule has 0 amide bonds. The van der Waals surface area contributed by atoms with Gasteiger partial charge in [-0.05, 0) is 19.1 Å². The predicted molar refractivity (Wildman–Crippen MR) is 49.5 cm³/mol. The maximum absolute atomic E-state index is 11.2. The zero-order valence-corrected chi connectivity index (χ0v) is 7.69. The van der Waals surface area contributed by atoms with Crippen molar-refractivity contribution in [2.24, 2.45) is 0 Å². The van der Waals surface area contributed by atoms with Gasteiger partial charge in [-0.15, -0.1) is 0 Å². The Kier molecular flexibility index (Phi) is 3.12. The molecule has 0 atom stereocenters. The molecule has 1 heterocycles. The number of nitrogens with zero attached hydrogens (tertiary/aromatic N) is 1. The van der Waals surface area contributed by atoms with Crippen molar-refractivity contribution in [1.82, 2.24) is 4.98 Å². The van der Waals surface area contributed by atoms with Crippen molar-refractivity contribution in [3.05, 3.63) is 42.2 Å². The maximum Gasteiger partial charge on any atom is 0.346 e. The smallest absolute Gasteiger partial charge is 0.346 e. The Bertz CT molecular complexity index is 370. The van der Waals surface area contributed by atoms with Gasteiger partial charge in [0.25, 0.3) is 0 Å². The van der Waals surface area contributed by atoms with Gasteiger partial charge in [-0.2, -0.15) is 0 Å². The summed E-state index contributed by atoms with van der Waals surface area (Å²) in [5.74, 6) is -1.41. The summed E-state index contributed by atoms with van der Waals surface area (Å²) in [6.07, 6.45) is 2.89. The van der Waals surface area contributed by atoms with Crippen LogP contribution >= 0.6 is 0 Å². The number of hydrogen-bond acceptors (Lipinski definition) is 4. The van der Waals surface area contributed by atoms with Gasteiger partial charge in [0.15, 0.2) is 0 Å². The third kappa shape index (κ3) is 2.52. The molecule has 0 unspecified atom stereocenters. The van der Waals surface area contributed by atoms with E-state index in [9.17, 15) is 9.59 Å². The summed E-state index contributed by atoms with van der Waals surface area (Å²) in [5, 5.41) is 0. The average Bonchev–Trinajstić information content (AvgIpc) is 2.19. The molecule has 4 heteroatoms. The van der Waals surface area contributed by atoms with Gasteiger partial charge in [0.05, 0.1) is 5.56 Å². The van der Waals surface area contributed by atoms with Gasteiger partial charge in [0.2, 0.25) is 0 Å². The molecule has 72 valence electrons. The second-order valence-corrected chi connectivity index (χ2v) is 2.69. The molecule has 0 aromatic carbocycles. The summed E-state index contributed by atoms with van der Waals surface area (Å²) in [6, 6.07) is 2.93. The van der Waals surface area contributed by atoms with E-state index in [2.05, 4.69) is 16.3 Å². The predicted octanol–water partition coefficient (Wildman–Crippen LogP) is 1.34. The minimum atomic E-state index is -0.716. The molecule has 1 aromatic rings. The average molecular weight is 191 g/mol. The minimum Gasteiger partial charge on any atom is -0.386 e. The van der Waals surface area contributed by atoms with Crippen LogP contribution in [0, 0.1) is 0 Å². The molecule has 0 N–H and O–H groups in total. The van der Waals surface area contributed by atoms with Gasteiger partial charge in [0, 0.05) is 18.0 Å². The second-order valence-electron chi connectivity index (χ2n) is 2.69. The maximum atomic E-state index is 11.2. The standard InChI is InChI=1S/C10H9NO3/c1-7(2)9(12)14-10(13)8-3-5-11-6-4-8/h3-6H,1H2,2H3. The lowest BCUT2D eigenvalue weighted by molar-refractivity contribution is -0.133. The van der Waals surface area contributed by atoms with Crippen LogP contribution in [0.3, 0.4) is 0 Å². The lowest BCUT2D eigenvalue weighted by Gasteiger charge is -2.00. The zero-order valence-electron chi connectivity index (χ0n) is 7.69. The molecule has 0 bridgehead atoms. The SMILES string of the molecule is C=C(C)C(=O)OC(=O)c1ccncc1. The van der Waals surface area contributed by atoms with E-state index in [-0.39, 0.29) is 11.1 Å². The first-order valence-electron chi connectivity index (χ1n) is 3.93. The highest BCUT2D eigenvalue weighted by atomic mass is 16.6. The number of carbonyl (C=O) groups excluding carboxylic acids is 2. The third-order valence-corrected chi connectivity index (χ3v) is 1.45. The van der Waals surface area contributed by atoms with Crippen LogP contribution in [0.25, 0.3) is 0 Å². The summed E-state index contributed by atoms with van der Waals surface area (Å²) in [6.45, 7) is 4.84. The van der Waals surface area contributed by atoms with Gasteiger partial charge in [-0.3, -0.25) is 4.98 Å². The van der Waals surface area contributed by atoms with E-state index < -0.39 is 11.9 Å². The van der Waals surface area contributed by atoms with E-state index in [4.69, 9.17) is 0 Å². The van der Waals surface area contributed by atoms with Gasteiger partial charge < -0.3 is 4.74 Å². The Morgan fingerprint density at radius 1 is 1.36 bits per heavy atom. The normalized spacial score (nSPS) is 9.21. The largest absolute Gasteiger partial charge is 0.386 e. The molecule has 0 radical (unpaired) electrons. The highest BCUT2D eigenvalue weighted by molar-refractivity contribution is 6.01. The fourth-order valence-electron chi connectivity index (χ4n) is 0.718. The molecular weight excluding hydrogens is 182 g/mol. The van der Waals surface area contributed by atoms with Crippen LogP contribution in [0.4, 0.5) is 0 Å². The first-order valence-corrected chi connectivity index (χ1v) is 3.93. The van der Waals surface area contributed by atoms with E-state index in [0.29, 0.717) is 0 Å².